The highest BCUT2D eigenvalue weighted by atomic mass is 32.1. The molecule has 0 bridgehead atoms. The van der Waals surface area contributed by atoms with Crippen LogP contribution in [0.5, 0.6) is 0 Å². The Morgan fingerprint density at radius 1 is 0.972 bits per heavy atom. The molecule has 0 N–H and O–H groups in total. The fourth-order valence-electron chi connectivity index (χ4n) is 4.78. The van der Waals surface area contributed by atoms with E-state index in [-0.39, 0.29) is 30.4 Å². The van der Waals surface area contributed by atoms with E-state index >= 15 is 0 Å². The van der Waals surface area contributed by atoms with E-state index in [1.165, 1.54) is 4.88 Å². The van der Waals surface area contributed by atoms with Crippen LogP contribution in [-0.2, 0) is 27.4 Å². The van der Waals surface area contributed by atoms with Crippen LogP contribution < -0.4 is 0 Å². The summed E-state index contributed by atoms with van der Waals surface area (Å²) in [6.45, 7) is 6.37. The van der Waals surface area contributed by atoms with Gasteiger partial charge in [-0.2, -0.15) is 0 Å². The lowest BCUT2D eigenvalue weighted by molar-refractivity contribution is -0.143. The van der Waals surface area contributed by atoms with Crippen molar-refractivity contribution in [1.29, 1.82) is 0 Å². The Hall–Kier alpha value is -2.96. The Balaban J connectivity index is 1.56. The minimum absolute atomic E-state index is 0.000760. The number of carbonyl (C=O) groups excluding carboxylic acids is 2. The molecule has 2 heterocycles. The third-order valence-corrected chi connectivity index (χ3v) is 7.69. The summed E-state index contributed by atoms with van der Waals surface area (Å²) in [5.74, 6) is -0.318. The summed E-state index contributed by atoms with van der Waals surface area (Å²) in [5.41, 5.74) is 2.07. The Kier molecular flexibility index (Phi) is 9.31. The van der Waals surface area contributed by atoms with E-state index in [1.807, 2.05) is 72.5 Å². The minimum atomic E-state index is -0.275. The van der Waals surface area contributed by atoms with Gasteiger partial charge in [0.25, 0.3) is 0 Å². The number of amides is 2. The molecule has 0 aliphatic carbocycles. The van der Waals surface area contributed by atoms with Crippen molar-refractivity contribution in [2.75, 3.05) is 19.7 Å². The second-order valence-electron chi connectivity index (χ2n) is 9.47. The molecule has 0 spiro atoms. The average Bonchev–Trinajstić information content (AvgIpc) is 3.56. The number of ether oxygens (including phenoxy) is 1. The van der Waals surface area contributed by atoms with Gasteiger partial charge in [0.1, 0.15) is 0 Å². The summed E-state index contributed by atoms with van der Waals surface area (Å²) in [6, 6.07) is 24.1. The van der Waals surface area contributed by atoms with Gasteiger partial charge in [0.05, 0.1) is 25.1 Å². The molecular weight excluding hydrogens is 468 g/mol. The highest BCUT2D eigenvalue weighted by Crippen LogP contribution is 2.24. The van der Waals surface area contributed by atoms with Gasteiger partial charge >= 0.3 is 0 Å². The van der Waals surface area contributed by atoms with Crippen LogP contribution in [0.3, 0.4) is 0 Å². The number of aryl methyl sites for hydroxylation is 1. The summed E-state index contributed by atoms with van der Waals surface area (Å²) in [4.78, 5) is 33.6. The molecule has 1 fully saturated rings. The fraction of sp³-hybridized carbons (Fsp3) is 0.400. The molecule has 1 aliphatic rings. The topological polar surface area (TPSA) is 49.9 Å². The predicted octanol–water partition coefficient (Wildman–Crippen LogP) is 5.79. The summed E-state index contributed by atoms with van der Waals surface area (Å²) in [5, 5.41) is 0. The summed E-state index contributed by atoms with van der Waals surface area (Å²) in [6.07, 6.45) is 2.58. The molecule has 1 saturated heterocycles. The molecule has 1 aromatic heterocycles. The number of benzene rings is 2. The number of rotatable bonds is 11. The van der Waals surface area contributed by atoms with Crippen LogP contribution in [0.4, 0.5) is 0 Å². The van der Waals surface area contributed by atoms with E-state index in [0.29, 0.717) is 32.7 Å². The third-order valence-electron chi connectivity index (χ3n) is 6.71. The molecule has 190 valence electrons. The Labute approximate surface area is 218 Å². The van der Waals surface area contributed by atoms with Crippen LogP contribution in [0.1, 0.15) is 53.0 Å². The lowest BCUT2D eigenvalue weighted by Gasteiger charge is -2.31. The highest BCUT2D eigenvalue weighted by molar-refractivity contribution is 7.11. The van der Waals surface area contributed by atoms with Gasteiger partial charge in [-0.25, -0.2) is 0 Å². The van der Waals surface area contributed by atoms with E-state index < -0.39 is 0 Å². The molecule has 2 atom stereocenters. The van der Waals surface area contributed by atoms with Crippen molar-refractivity contribution in [3.05, 3.63) is 93.7 Å². The largest absolute Gasteiger partial charge is 0.376 e. The van der Waals surface area contributed by atoms with Gasteiger partial charge in [-0.1, -0.05) is 67.6 Å². The molecule has 2 aromatic carbocycles. The van der Waals surface area contributed by atoms with E-state index in [2.05, 4.69) is 19.1 Å². The van der Waals surface area contributed by atoms with E-state index in [4.69, 9.17) is 4.74 Å². The van der Waals surface area contributed by atoms with Gasteiger partial charge in [0.15, 0.2) is 0 Å². The van der Waals surface area contributed by atoms with Crippen LogP contribution in [0, 0.1) is 6.92 Å². The summed E-state index contributed by atoms with van der Waals surface area (Å²) >= 11 is 1.71. The fourth-order valence-corrected chi connectivity index (χ4v) is 5.69. The predicted molar refractivity (Wildman–Crippen MR) is 145 cm³/mol. The molecule has 1 aliphatic heterocycles. The maximum Gasteiger partial charge on any atom is 0.242 e. The van der Waals surface area contributed by atoms with Crippen molar-refractivity contribution >= 4 is 23.2 Å². The molecule has 5 nitrogen and oxygen atoms in total. The van der Waals surface area contributed by atoms with Crippen molar-refractivity contribution < 1.29 is 14.3 Å². The van der Waals surface area contributed by atoms with Crippen molar-refractivity contribution in [3.8, 4) is 0 Å². The maximum absolute atomic E-state index is 13.8. The average molecular weight is 505 g/mol. The van der Waals surface area contributed by atoms with Crippen molar-refractivity contribution in [2.45, 2.75) is 58.2 Å². The van der Waals surface area contributed by atoms with Gasteiger partial charge < -0.3 is 14.5 Å². The number of nitrogens with zero attached hydrogens (tertiary/aromatic N) is 2. The molecule has 0 saturated carbocycles. The first-order chi connectivity index (χ1) is 17.5. The zero-order valence-electron chi connectivity index (χ0n) is 21.3. The zero-order chi connectivity index (χ0) is 25.3. The quantitative estimate of drug-likeness (QED) is 0.332. The summed E-state index contributed by atoms with van der Waals surface area (Å²) in [7, 11) is 0. The first kappa shape index (κ1) is 26.1. The number of thiophene rings is 1. The first-order valence-electron chi connectivity index (χ1n) is 12.9. The van der Waals surface area contributed by atoms with E-state index in [9.17, 15) is 9.59 Å². The molecule has 0 radical (unpaired) electrons. The molecule has 36 heavy (non-hydrogen) atoms. The normalized spacial score (nSPS) is 16.0. The summed E-state index contributed by atoms with van der Waals surface area (Å²) < 4.78 is 5.87. The second kappa shape index (κ2) is 12.8. The van der Waals surface area contributed by atoms with E-state index in [1.54, 1.807) is 16.2 Å². The zero-order valence-corrected chi connectivity index (χ0v) is 22.1. The Bertz CT molecular complexity index is 1110. The SMILES string of the molecule is CCC(C(=O)N(CC(=O)N(Cc1ccccc1)Cc1ccc(C)s1)CC1CCCO1)c1ccccc1. The number of hydrogen-bond donors (Lipinski definition) is 0. The lowest BCUT2D eigenvalue weighted by Crippen LogP contribution is -2.46. The van der Waals surface area contributed by atoms with Crippen LogP contribution >= 0.6 is 11.3 Å². The monoisotopic (exact) mass is 504 g/mol. The molecule has 4 rings (SSSR count). The van der Waals surface area contributed by atoms with Crippen LogP contribution in [0.25, 0.3) is 0 Å². The van der Waals surface area contributed by atoms with Gasteiger partial charge in [0.2, 0.25) is 11.8 Å². The van der Waals surface area contributed by atoms with Gasteiger partial charge in [0, 0.05) is 29.5 Å². The van der Waals surface area contributed by atoms with E-state index in [0.717, 1.165) is 28.8 Å². The molecule has 2 amide bonds. The van der Waals surface area contributed by atoms with Gasteiger partial charge in [-0.15, -0.1) is 11.3 Å². The number of hydrogen-bond acceptors (Lipinski definition) is 4. The second-order valence-corrected chi connectivity index (χ2v) is 10.8. The van der Waals surface area contributed by atoms with Crippen LogP contribution in [-0.4, -0.2) is 47.4 Å². The minimum Gasteiger partial charge on any atom is -0.376 e. The van der Waals surface area contributed by atoms with Gasteiger partial charge in [-0.3, -0.25) is 9.59 Å². The lowest BCUT2D eigenvalue weighted by atomic mass is 9.94. The van der Waals surface area contributed by atoms with Crippen molar-refractivity contribution in [3.63, 3.8) is 0 Å². The molecular formula is C30H36N2O3S. The molecule has 6 heteroatoms. The third kappa shape index (κ3) is 7.05. The molecule has 3 aromatic rings. The molecule has 2 unspecified atom stereocenters. The maximum atomic E-state index is 13.8. The Morgan fingerprint density at radius 2 is 1.69 bits per heavy atom. The van der Waals surface area contributed by atoms with Crippen LogP contribution in [0.2, 0.25) is 0 Å². The smallest absolute Gasteiger partial charge is 0.242 e. The van der Waals surface area contributed by atoms with Crippen molar-refractivity contribution in [1.82, 2.24) is 9.80 Å². The van der Waals surface area contributed by atoms with Crippen LogP contribution in [0.15, 0.2) is 72.8 Å². The van der Waals surface area contributed by atoms with Gasteiger partial charge in [-0.05, 0) is 49.4 Å². The Morgan fingerprint density at radius 3 is 2.31 bits per heavy atom. The number of carbonyl (C=O) groups is 2. The van der Waals surface area contributed by atoms with Crippen molar-refractivity contribution in [2.24, 2.45) is 0 Å². The first-order valence-corrected chi connectivity index (χ1v) is 13.7. The standard InChI is InChI=1S/C30H36N2O3S/c1-3-28(25-13-8-5-9-14-25)30(34)32(20-26-15-10-18-35-26)22-29(33)31(19-24-11-6-4-7-12-24)21-27-17-16-23(2)36-27/h4-9,11-14,16-17,26,28H,3,10,15,18-22H2,1-2H3. The highest BCUT2D eigenvalue weighted by Gasteiger charge is 2.30.